The topological polar surface area (TPSA) is 56.0 Å². The second-order valence-electron chi connectivity index (χ2n) is 1.63. The molecule has 1 heterocycles. The quantitative estimate of drug-likeness (QED) is 0.512. The Labute approximate surface area is 62.2 Å². The van der Waals surface area contributed by atoms with Crippen molar-refractivity contribution in [3.05, 3.63) is 23.7 Å². The summed E-state index contributed by atoms with van der Waals surface area (Å²) >= 11 is 1.17. The number of carbonyl (C=O) groups is 1. The van der Waals surface area contributed by atoms with Crippen molar-refractivity contribution >= 4 is 22.3 Å². The molecule has 0 amide bonds. The Morgan fingerprint density at radius 3 is 3.00 bits per heavy atom. The van der Waals surface area contributed by atoms with Gasteiger partial charge in [0.15, 0.2) is 10.9 Å². The van der Waals surface area contributed by atoms with E-state index in [2.05, 4.69) is 11.6 Å². The largest absolute Gasteiger partial charge is 0.375 e. The molecule has 10 heavy (non-hydrogen) atoms. The summed E-state index contributed by atoms with van der Waals surface area (Å²) in [4.78, 5) is 15.1. The average Bonchev–Trinajstić information content (AvgIpc) is 2.34. The molecule has 4 heteroatoms. The summed E-state index contributed by atoms with van der Waals surface area (Å²) in [5, 5.41) is 0.408. The van der Waals surface area contributed by atoms with Crippen LogP contribution in [-0.4, -0.2) is 10.8 Å². The van der Waals surface area contributed by atoms with Gasteiger partial charge < -0.3 is 5.73 Å². The standard InChI is InChI=1S/C6H6N2OS/c1-2-4(9)5-3-8-6(7)10-5/h2-3H,1H2,(H2,7,8). The molecule has 1 aromatic heterocycles. The maximum absolute atomic E-state index is 10.8. The van der Waals surface area contributed by atoms with E-state index in [1.54, 1.807) is 0 Å². The molecule has 0 aliphatic rings. The molecule has 0 spiro atoms. The van der Waals surface area contributed by atoms with Gasteiger partial charge in [-0.25, -0.2) is 4.98 Å². The molecule has 0 saturated heterocycles. The molecule has 0 aromatic carbocycles. The van der Waals surface area contributed by atoms with Gasteiger partial charge >= 0.3 is 0 Å². The van der Waals surface area contributed by atoms with E-state index < -0.39 is 0 Å². The Bertz CT molecular complexity index is 266. The van der Waals surface area contributed by atoms with Crippen molar-refractivity contribution in [2.45, 2.75) is 0 Å². The third-order valence-electron chi connectivity index (χ3n) is 0.952. The Kier molecular flexibility index (Phi) is 1.82. The number of nitrogens with two attached hydrogens (primary N) is 1. The molecule has 0 atom stereocenters. The van der Waals surface area contributed by atoms with Gasteiger partial charge in [-0.1, -0.05) is 17.9 Å². The molecule has 0 aliphatic heterocycles. The maximum Gasteiger partial charge on any atom is 0.196 e. The second kappa shape index (κ2) is 2.62. The van der Waals surface area contributed by atoms with E-state index in [4.69, 9.17) is 5.73 Å². The van der Waals surface area contributed by atoms with E-state index in [1.807, 2.05) is 0 Å². The minimum Gasteiger partial charge on any atom is -0.375 e. The minimum atomic E-state index is -0.130. The van der Waals surface area contributed by atoms with Gasteiger partial charge in [-0.15, -0.1) is 0 Å². The molecule has 0 unspecified atom stereocenters. The normalized spacial score (nSPS) is 9.20. The van der Waals surface area contributed by atoms with Crippen molar-refractivity contribution in [2.24, 2.45) is 0 Å². The summed E-state index contributed by atoms with van der Waals surface area (Å²) in [5.41, 5.74) is 5.29. The molecule has 3 nitrogen and oxygen atoms in total. The highest BCUT2D eigenvalue weighted by molar-refractivity contribution is 7.17. The Morgan fingerprint density at radius 1 is 1.90 bits per heavy atom. The van der Waals surface area contributed by atoms with Crippen LogP contribution in [0, 0.1) is 0 Å². The van der Waals surface area contributed by atoms with Gasteiger partial charge in [-0.3, -0.25) is 4.79 Å². The number of ketones is 1. The first-order valence-corrected chi connectivity index (χ1v) is 3.43. The molecule has 1 rings (SSSR count). The van der Waals surface area contributed by atoms with E-state index in [0.717, 1.165) is 0 Å². The first-order chi connectivity index (χ1) is 4.74. The van der Waals surface area contributed by atoms with Crippen LogP contribution >= 0.6 is 11.3 Å². The molecule has 0 radical (unpaired) electrons. The average molecular weight is 154 g/mol. The first-order valence-electron chi connectivity index (χ1n) is 2.62. The fourth-order valence-electron chi connectivity index (χ4n) is 0.502. The third kappa shape index (κ3) is 1.22. The number of nitrogen functional groups attached to an aromatic ring is 1. The van der Waals surface area contributed by atoms with Gasteiger partial charge in [0.05, 0.1) is 11.1 Å². The number of hydrogen-bond donors (Lipinski definition) is 1. The third-order valence-corrected chi connectivity index (χ3v) is 1.79. The zero-order valence-corrected chi connectivity index (χ0v) is 6.02. The summed E-state index contributed by atoms with van der Waals surface area (Å²) in [6, 6.07) is 0. The Morgan fingerprint density at radius 2 is 2.60 bits per heavy atom. The zero-order valence-electron chi connectivity index (χ0n) is 5.20. The van der Waals surface area contributed by atoms with Crippen LogP contribution in [0.25, 0.3) is 0 Å². The predicted molar refractivity (Wildman–Crippen MR) is 41.1 cm³/mol. The van der Waals surface area contributed by atoms with Crippen LogP contribution in [-0.2, 0) is 0 Å². The lowest BCUT2D eigenvalue weighted by atomic mass is 10.3. The summed E-state index contributed by atoms with van der Waals surface area (Å²) in [7, 11) is 0. The van der Waals surface area contributed by atoms with Crippen LogP contribution in [0.15, 0.2) is 18.9 Å². The molecule has 52 valence electrons. The monoisotopic (exact) mass is 154 g/mol. The molecule has 0 bridgehead atoms. The van der Waals surface area contributed by atoms with Crippen LogP contribution in [0.1, 0.15) is 9.67 Å². The van der Waals surface area contributed by atoms with E-state index in [0.29, 0.717) is 10.0 Å². The molecular weight excluding hydrogens is 148 g/mol. The van der Waals surface area contributed by atoms with Gasteiger partial charge in [-0.2, -0.15) is 0 Å². The fraction of sp³-hybridized carbons (Fsp3) is 0. The highest BCUT2D eigenvalue weighted by atomic mass is 32.1. The molecule has 0 fully saturated rings. The van der Waals surface area contributed by atoms with Crippen molar-refractivity contribution in [3.63, 3.8) is 0 Å². The summed E-state index contributed by atoms with van der Waals surface area (Å²) < 4.78 is 0. The van der Waals surface area contributed by atoms with Crippen molar-refractivity contribution in [2.75, 3.05) is 5.73 Å². The number of aromatic nitrogens is 1. The lowest BCUT2D eigenvalue weighted by Crippen LogP contribution is -1.86. The van der Waals surface area contributed by atoms with Gasteiger partial charge in [-0.05, 0) is 6.08 Å². The van der Waals surface area contributed by atoms with Gasteiger partial charge in [0.2, 0.25) is 0 Å². The van der Waals surface area contributed by atoms with Crippen LogP contribution in [0.5, 0.6) is 0 Å². The van der Waals surface area contributed by atoms with E-state index in [9.17, 15) is 4.79 Å². The summed E-state index contributed by atoms with van der Waals surface area (Å²) in [5.74, 6) is -0.130. The Balaban J connectivity index is 2.95. The highest BCUT2D eigenvalue weighted by Gasteiger charge is 2.03. The summed E-state index contributed by atoms with van der Waals surface area (Å²) in [6.07, 6.45) is 2.69. The van der Waals surface area contributed by atoms with Crippen molar-refractivity contribution < 1.29 is 4.79 Å². The van der Waals surface area contributed by atoms with Crippen LogP contribution in [0.2, 0.25) is 0 Å². The predicted octanol–water partition coefficient (Wildman–Crippen LogP) is 1.09. The molecular formula is C6H6N2OS. The number of hydrogen-bond acceptors (Lipinski definition) is 4. The molecule has 0 saturated carbocycles. The first kappa shape index (κ1) is 6.95. The lowest BCUT2D eigenvalue weighted by molar-refractivity contribution is 0.105. The summed E-state index contributed by atoms with van der Waals surface area (Å²) in [6.45, 7) is 3.33. The van der Waals surface area contributed by atoms with Crippen LogP contribution < -0.4 is 5.73 Å². The number of rotatable bonds is 2. The number of thiazole rings is 1. The maximum atomic E-state index is 10.8. The number of anilines is 1. The van der Waals surface area contributed by atoms with Gasteiger partial charge in [0.25, 0.3) is 0 Å². The second-order valence-corrected chi connectivity index (χ2v) is 2.69. The van der Waals surface area contributed by atoms with Crippen molar-refractivity contribution in [1.29, 1.82) is 0 Å². The van der Waals surface area contributed by atoms with E-state index in [1.165, 1.54) is 23.6 Å². The zero-order chi connectivity index (χ0) is 7.56. The smallest absolute Gasteiger partial charge is 0.196 e. The fourth-order valence-corrected chi connectivity index (χ4v) is 1.12. The Hall–Kier alpha value is -1.16. The molecule has 1 aromatic rings. The van der Waals surface area contributed by atoms with E-state index >= 15 is 0 Å². The number of carbonyl (C=O) groups excluding carboxylic acids is 1. The van der Waals surface area contributed by atoms with Crippen LogP contribution in [0.4, 0.5) is 5.13 Å². The SMILES string of the molecule is C=CC(=O)c1cnc(N)s1. The molecule has 0 aliphatic carbocycles. The molecule has 2 N–H and O–H groups in total. The van der Waals surface area contributed by atoms with Crippen LogP contribution in [0.3, 0.4) is 0 Å². The minimum absolute atomic E-state index is 0.130. The number of nitrogens with zero attached hydrogens (tertiary/aromatic N) is 1. The van der Waals surface area contributed by atoms with E-state index in [-0.39, 0.29) is 5.78 Å². The van der Waals surface area contributed by atoms with Gasteiger partial charge in [0.1, 0.15) is 0 Å². The van der Waals surface area contributed by atoms with Crippen molar-refractivity contribution in [1.82, 2.24) is 4.98 Å². The van der Waals surface area contributed by atoms with Gasteiger partial charge in [0, 0.05) is 0 Å². The number of allylic oxidation sites excluding steroid dienone is 1. The lowest BCUT2D eigenvalue weighted by Gasteiger charge is -1.81. The van der Waals surface area contributed by atoms with Crippen molar-refractivity contribution in [3.8, 4) is 0 Å². The highest BCUT2D eigenvalue weighted by Crippen LogP contribution is 2.14.